The SMILES string of the molecule is CN(C)CCN(C(=O)c1cccc(NS(=O)(=O)c2ccc(F)cc2)c1)c1nc2ccccc2s1. The Morgan fingerprint density at radius 3 is 2.44 bits per heavy atom. The molecule has 0 fully saturated rings. The molecule has 0 saturated heterocycles. The highest BCUT2D eigenvalue weighted by Gasteiger charge is 2.22. The van der Waals surface area contributed by atoms with Crippen LogP contribution < -0.4 is 9.62 Å². The van der Waals surface area contributed by atoms with Crippen LogP contribution in [-0.2, 0) is 10.0 Å². The zero-order valence-electron chi connectivity index (χ0n) is 18.6. The molecule has 0 bridgehead atoms. The molecule has 7 nitrogen and oxygen atoms in total. The number of likely N-dealkylation sites (N-methyl/N-ethyl adjacent to an activating group) is 1. The average Bonchev–Trinajstić information content (AvgIpc) is 3.23. The largest absolute Gasteiger partial charge is 0.308 e. The van der Waals surface area contributed by atoms with Crippen molar-refractivity contribution in [3.8, 4) is 0 Å². The molecule has 3 aromatic carbocycles. The number of nitrogens with zero attached hydrogens (tertiary/aromatic N) is 3. The maximum Gasteiger partial charge on any atom is 0.261 e. The van der Waals surface area contributed by atoms with E-state index in [0.29, 0.717) is 23.8 Å². The quantitative estimate of drug-likeness (QED) is 0.388. The number of carbonyl (C=O) groups excluding carboxylic acids is 1. The highest BCUT2D eigenvalue weighted by atomic mass is 32.2. The molecule has 0 unspecified atom stereocenters. The second-order valence-corrected chi connectivity index (χ2v) is 10.6. The zero-order valence-corrected chi connectivity index (χ0v) is 20.2. The third-order valence-corrected chi connectivity index (χ3v) is 7.47. The van der Waals surface area contributed by atoms with E-state index in [1.54, 1.807) is 23.1 Å². The number of hydrogen-bond donors (Lipinski definition) is 1. The molecule has 4 rings (SSSR count). The topological polar surface area (TPSA) is 82.6 Å². The summed E-state index contributed by atoms with van der Waals surface area (Å²) in [5, 5.41) is 0.574. The number of benzene rings is 3. The zero-order chi connectivity index (χ0) is 24.3. The van der Waals surface area contributed by atoms with Crippen molar-refractivity contribution in [3.63, 3.8) is 0 Å². The Morgan fingerprint density at radius 2 is 1.74 bits per heavy atom. The van der Waals surface area contributed by atoms with Crippen LogP contribution in [0, 0.1) is 5.82 Å². The number of fused-ring (bicyclic) bond motifs is 1. The van der Waals surface area contributed by atoms with Crippen LogP contribution in [0.4, 0.5) is 15.2 Å². The number of rotatable bonds is 8. The summed E-state index contributed by atoms with van der Waals surface area (Å²) in [6.45, 7) is 1.04. The van der Waals surface area contributed by atoms with Gasteiger partial charge in [-0.3, -0.25) is 14.4 Å². The second-order valence-electron chi connectivity index (χ2n) is 7.86. The Kier molecular flexibility index (Phi) is 6.92. The number of aromatic nitrogens is 1. The van der Waals surface area contributed by atoms with Crippen molar-refractivity contribution in [1.29, 1.82) is 0 Å². The van der Waals surface area contributed by atoms with Gasteiger partial charge in [-0.15, -0.1) is 0 Å². The smallest absolute Gasteiger partial charge is 0.261 e. The molecule has 1 heterocycles. The molecule has 0 aliphatic carbocycles. The first-order valence-corrected chi connectivity index (χ1v) is 12.7. The predicted molar refractivity (Wildman–Crippen MR) is 134 cm³/mol. The van der Waals surface area contributed by atoms with E-state index in [0.717, 1.165) is 22.3 Å². The number of halogens is 1. The lowest BCUT2D eigenvalue weighted by Crippen LogP contribution is -2.36. The van der Waals surface area contributed by atoms with Crippen LogP contribution in [0.15, 0.2) is 77.7 Å². The average molecular weight is 499 g/mol. The molecule has 0 radical (unpaired) electrons. The molecular formula is C24H23FN4O3S2. The van der Waals surface area contributed by atoms with Gasteiger partial charge in [0.2, 0.25) is 0 Å². The molecule has 34 heavy (non-hydrogen) atoms. The number of amides is 1. The van der Waals surface area contributed by atoms with E-state index in [-0.39, 0.29) is 16.5 Å². The Morgan fingerprint density at radius 1 is 1.00 bits per heavy atom. The van der Waals surface area contributed by atoms with Gasteiger partial charge >= 0.3 is 0 Å². The maximum atomic E-state index is 13.5. The fourth-order valence-corrected chi connectivity index (χ4v) is 5.30. The molecule has 1 amide bonds. The number of thiazole rings is 1. The van der Waals surface area contributed by atoms with Crippen molar-refractivity contribution >= 4 is 48.3 Å². The number of para-hydroxylation sites is 1. The molecular weight excluding hydrogens is 475 g/mol. The van der Waals surface area contributed by atoms with Crippen LogP contribution in [0.5, 0.6) is 0 Å². The standard InChI is InChI=1S/C24H23FN4O3S2/c1-28(2)14-15-29(24-26-21-8-3-4-9-22(21)33-24)23(30)17-6-5-7-19(16-17)27-34(31,32)20-12-10-18(25)11-13-20/h3-13,16,27H,14-15H2,1-2H3. The van der Waals surface area contributed by atoms with Gasteiger partial charge in [0.15, 0.2) is 5.13 Å². The van der Waals surface area contributed by atoms with Crippen molar-refractivity contribution in [1.82, 2.24) is 9.88 Å². The molecule has 0 aliphatic heterocycles. The van der Waals surface area contributed by atoms with Crippen molar-refractivity contribution in [2.24, 2.45) is 0 Å². The molecule has 1 N–H and O–H groups in total. The Balaban J connectivity index is 1.63. The molecule has 1 aromatic heterocycles. The molecule has 4 aromatic rings. The summed E-state index contributed by atoms with van der Waals surface area (Å²) in [5.41, 5.74) is 1.36. The van der Waals surface area contributed by atoms with Crippen molar-refractivity contribution in [3.05, 3.63) is 84.2 Å². The van der Waals surface area contributed by atoms with Gasteiger partial charge in [-0.1, -0.05) is 29.5 Å². The lowest BCUT2D eigenvalue weighted by Gasteiger charge is -2.22. The third-order valence-electron chi connectivity index (χ3n) is 5.02. The Labute approximate surface area is 201 Å². The number of sulfonamides is 1. The molecule has 0 spiro atoms. The second kappa shape index (κ2) is 9.88. The van der Waals surface area contributed by atoms with Crippen molar-refractivity contribution in [2.75, 3.05) is 36.8 Å². The summed E-state index contributed by atoms with van der Waals surface area (Å²) in [7, 11) is -0.0973. The van der Waals surface area contributed by atoms with Gasteiger partial charge in [0.1, 0.15) is 5.82 Å². The minimum atomic E-state index is -3.94. The first-order chi connectivity index (χ1) is 16.2. The molecule has 0 aliphatic rings. The lowest BCUT2D eigenvalue weighted by atomic mass is 10.2. The van der Waals surface area contributed by atoms with E-state index in [1.165, 1.54) is 29.5 Å². The summed E-state index contributed by atoms with van der Waals surface area (Å²) in [6, 6.07) is 18.5. The molecule has 0 atom stereocenters. The maximum absolute atomic E-state index is 13.5. The van der Waals surface area contributed by atoms with Crippen LogP contribution >= 0.6 is 11.3 Å². The highest BCUT2D eigenvalue weighted by molar-refractivity contribution is 7.92. The lowest BCUT2D eigenvalue weighted by molar-refractivity contribution is 0.0985. The highest BCUT2D eigenvalue weighted by Crippen LogP contribution is 2.30. The molecule has 0 saturated carbocycles. The predicted octanol–water partition coefficient (Wildman–Crippen LogP) is 4.44. The van der Waals surface area contributed by atoms with Crippen LogP contribution in [0.1, 0.15) is 10.4 Å². The van der Waals surface area contributed by atoms with E-state index in [4.69, 9.17) is 0 Å². The number of hydrogen-bond acceptors (Lipinski definition) is 6. The third kappa shape index (κ3) is 5.41. The van der Waals surface area contributed by atoms with E-state index in [9.17, 15) is 17.6 Å². The van der Waals surface area contributed by atoms with Gasteiger partial charge in [0.25, 0.3) is 15.9 Å². The fourth-order valence-electron chi connectivity index (χ4n) is 3.26. The first-order valence-electron chi connectivity index (χ1n) is 10.4. The van der Waals surface area contributed by atoms with Crippen LogP contribution in [0.25, 0.3) is 10.2 Å². The number of anilines is 2. The van der Waals surface area contributed by atoms with Crippen LogP contribution in [0.3, 0.4) is 0 Å². The number of nitrogens with one attached hydrogen (secondary N) is 1. The van der Waals surface area contributed by atoms with Gasteiger partial charge < -0.3 is 4.90 Å². The van der Waals surface area contributed by atoms with E-state index >= 15 is 0 Å². The number of carbonyl (C=O) groups is 1. The van der Waals surface area contributed by atoms with Crippen molar-refractivity contribution in [2.45, 2.75) is 4.90 Å². The van der Waals surface area contributed by atoms with Gasteiger partial charge in [-0.2, -0.15) is 0 Å². The van der Waals surface area contributed by atoms with Gasteiger partial charge in [-0.05, 0) is 68.7 Å². The van der Waals surface area contributed by atoms with E-state index in [2.05, 4.69) is 9.71 Å². The van der Waals surface area contributed by atoms with E-state index < -0.39 is 15.8 Å². The minimum Gasteiger partial charge on any atom is -0.308 e. The van der Waals surface area contributed by atoms with Crippen LogP contribution in [0.2, 0.25) is 0 Å². The Hall–Kier alpha value is -3.34. The summed E-state index contributed by atoms with van der Waals surface area (Å²) in [5.74, 6) is -0.817. The first kappa shape index (κ1) is 23.8. The Bertz CT molecular complexity index is 1390. The van der Waals surface area contributed by atoms with Gasteiger partial charge in [0.05, 0.1) is 15.1 Å². The van der Waals surface area contributed by atoms with Crippen LogP contribution in [-0.4, -0.2) is 51.4 Å². The summed E-state index contributed by atoms with van der Waals surface area (Å²) < 4.78 is 42.0. The molecule has 10 heteroatoms. The molecule has 176 valence electrons. The summed E-state index contributed by atoms with van der Waals surface area (Å²) >= 11 is 1.43. The van der Waals surface area contributed by atoms with Gasteiger partial charge in [-0.25, -0.2) is 17.8 Å². The van der Waals surface area contributed by atoms with Gasteiger partial charge in [0, 0.05) is 24.3 Å². The normalized spacial score (nSPS) is 11.6. The summed E-state index contributed by atoms with van der Waals surface area (Å²) in [6.07, 6.45) is 0. The fraction of sp³-hybridized carbons (Fsp3) is 0.167. The van der Waals surface area contributed by atoms with Crippen molar-refractivity contribution < 1.29 is 17.6 Å². The summed E-state index contributed by atoms with van der Waals surface area (Å²) in [4.78, 5) is 21.7. The van der Waals surface area contributed by atoms with E-state index in [1.807, 2.05) is 43.3 Å². The minimum absolute atomic E-state index is 0.0762. The monoisotopic (exact) mass is 498 g/mol.